The lowest BCUT2D eigenvalue weighted by Gasteiger charge is -2.36. The summed E-state index contributed by atoms with van der Waals surface area (Å²) in [5.41, 5.74) is -0.547. The van der Waals surface area contributed by atoms with Gasteiger partial charge in [0.1, 0.15) is 5.60 Å². The second-order valence-electron chi connectivity index (χ2n) is 8.85. The molecule has 6 nitrogen and oxygen atoms in total. The van der Waals surface area contributed by atoms with E-state index in [1.165, 1.54) is 0 Å². The van der Waals surface area contributed by atoms with Gasteiger partial charge in [-0.25, -0.2) is 4.79 Å². The van der Waals surface area contributed by atoms with Crippen LogP contribution in [-0.4, -0.2) is 59.1 Å². The Bertz CT molecular complexity index is 427. The Morgan fingerprint density at radius 3 is 2.15 bits per heavy atom. The van der Waals surface area contributed by atoms with Crippen molar-refractivity contribution in [2.45, 2.75) is 71.3 Å². The molecule has 0 saturated carbocycles. The van der Waals surface area contributed by atoms with Gasteiger partial charge in [-0.05, 0) is 38.9 Å². The number of carbonyl (C=O) groups is 1. The van der Waals surface area contributed by atoms with Crippen molar-refractivity contribution in [2.75, 3.05) is 33.0 Å². The van der Waals surface area contributed by atoms with Crippen LogP contribution < -0.4 is 5.32 Å². The SMILES string of the molecule is C=CCOC[C@H](COCCO[Si](C)(C)C(C)(C)C)NC(=O)OC(C)(C)C. The molecule has 0 aromatic heterocycles. The minimum atomic E-state index is -1.77. The number of amides is 1. The molecule has 0 aliphatic carbocycles. The molecule has 7 heteroatoms. The third kappa shape index (κ3) is 11.7. The lowest BCUT2D eigenvalue weighted by molar-refractivity contribution is 0.0273. The van der Waals surface area contributed by atoms with E-state index in [9.17, 15) is 4.79 Å². The Balaban J connectivity index is 4.34. The highest BCUT2D eigenvalue weighted by atomic mass is 28.4. The minimum absolute atomic E-state index is 0.173. The second-order valence-corrected chi connectivity index (χ2v) is 13.7. The van der Waals surface area contributed by atoms with Crippen molar-refractivity contribution in [1.29, 1.82) is 0 Å². The van der Waals surface area contributed by atoms with E-state index in [0.29, 0.717) is 33.0 Å². The van der Waals surface area contributed by atoms with Crippen LogP contribution in [0.4, 0.5) is 4.79 Å². The van der Waals surface area contributed by atoms with E-state index in [0.717, 1.165) is 0 Å². The molecule has 0 aromatic rings. The number of carbonyl (C=O) groups excluding carboxylic acids is 1. The van der Waals surface area contributed by atoms with Crippen molar-refractivity contribution in [3.63, 3.8) is 0 Å². The van der Waals surface area contributed by atoms with Crippen molar-refractivity contribution in [3.05, 3.63) is 12.7 Å². The number of nitrogens with one attached hydrogen (secondary N) is 1. The second kappa shape index (κ2) is 11.1. The summed E-state index contributed by atoms with van der Waals surface area (Å²) in [5.74, 6) is 0. The van der Waals surface area contributed by atoms with Crippen LogP contribution in [0.2, 0.25) is 18.1 Å². The van der Waals surface area contributed by atoms with Gasteiger partial charge in [-0.1, -0.05) is 26.8 Å². The standard InChI is InChI=1S/C19H39NO5Si/c1-10-11-22-14-16(20-17(21)25-18(2,3)4)15-23-12-13-24-26(8,9)19(5,6)7/h10,16H,1,11-15H2,2-9H3,(H,20,21)/t16-/m1/s1. The van der Waals surface area contributed by atoms with Gasteiger partial charge in [-0.15, -0.1) is 6.58 Å². The fourth-order valence-corrected chi connectivity index (χ4v) is 2.72. The lowest BCUT2D eigenvalue weighted by atomic mass is 10.2. The zero-order chi connectivity index (χ0) is 20.4. The molecule has 0 aliphatic heterocycles. The molecule has 0 bridgehead atoms. The summed E-state index contributed by atoms with van der Waals surface area (Å²) in [6.07, 6.45) is 1.18. The molecule has 26 heavy (non-hydrogen) atoms. The summed E-state index contributed by atoms with van der Waals surface area (Å²) in [5, 5.41) is 2.96. The van der Waals surface area contributed by atoms with Crippen molar-refractivity contribution >= 4 is 14.4 Å². The maximum Gasteiger partial charge on any atom is 0.408 e. The summed E-state index contributed by atoms with van der Waals surface area (Å²) in [6.45, 7) is 22.2. The highest BCUT2D eigenvalue weighted by Crippen LogP contribution is 2.36. The molecule has 0 fully saturated rings. The van der Waals surface area contributed by atoms with Crippen LogP contribution in [0.1, 0.15) is 41.5 Å². The molecule has 0 aromatic carbocycles. The quantitative estimate of drug-likeness (QED) is 0.327. The van der Waals surface area contributed by atoms with Crippen LogP contribution in [0.15, 0.2) is 12.7 Å². The molecule has 0 saturated heterocycles. The molecule has 1 atom stereocenters. The Labute approximate surface area is 160 Å². The van der Waals surface area contributed by atoms with Crippen LogP contribution in [0, 0.1) is 0 Å². The van der Waals surface area contributed by atoms with Crippen molar-refractivity contribution < 1.29 is 23.4 Å². The highest BCUT2D eigenvalue weighted by molar-refractivity contribution is 6.74. The van der Waals surface area contributed by atoms with Crippen LogP contribution in [0.25, 0.3) is 0 Å². The molecule has 0 unspecified atom stereocenters. The van der Waals surface area contributed by atoms with Gasteiger partial charge < -0.3 is 24.0 Å². The molecule has 0 spiro atoms. The summed E-state index contributed by atoms with van der Waals surface area (Å²) in [6, 6.07) is -0.294. The first kappa shape index (κ1) is 25.1. The van der Waals surface area contributed by atoms with Crippen LogP contribution in [0.3, 0.4) is 0 Å². The van der Waals surface area contributed by atoms with Gasteiger partial charge in [-0.3, -0.25) is 0 Å². The molecule has 1 N–H and O–H groups in total. The Morgan fingerprint density at radius 1 is 1.08 bits per heavy atom. The van der Waals surface area contributed by atoms with E-state index in [1.54, 1.807) is 6.08 Å². The lowest BCUT2D eigenvalue weighted by Crippen LogP contribution is -2.44. The fraction of sp³-hybridized carbons (Fsp3) is 0.842. The van der Waals surface area contributed by atoms with E-state index < -0.39 is 20.0 Å². The van der Waals surface area contributed by atoms with Gasteiger partial charge in [0.2, 0.25) is 0 Å². The molecule has 0 aliphatic rings. The molecule has 0 heterocycles. The highest BCUT2D eigenvalue weighted by Gasteiger charge is 2.36. The first-order chi connectivity index (χ1) is 11.8. The molecule has 1 amide bonds. The maximum atomic E-state index is 11.9. The zero-order valence-corrected chi connectivity index (χ0v) is 18.9. The minimum Gasteiger partial charge on any atom is -0.444 e. The Kier molecular flexibility index (Phi) is 10.7. The number of hydrogen-bond acceptors (Lipinski definition) is 5. The topological polar surface area (TPSA) is 66.0 Å². The Hall–Kier alpha value is -0.893. The maximum absolute atomic E-state index is 11.9. The monoisotopic (exact) mass is 389 g/mol. The number of rotatable bonds is 11. The molecule has 0 rings (SSSR count). The van der Waals surface area contributed by atoms with Crippen LogP contribution >= 0.6 is 0 Å². The Morgan fingerprint density at radius 2 is 1.65 bits per heavy atom. The van der Waals surface area contributed by atoms with E-state index in [2.05, 4.69) is 45.8 Å². The normalized spacial score (nSPS) is 14.0. The summed E-state index contributed by atoms with van der Waals surface area (Å²) in [4.78, 5) is 11.9. The fourth-order valence-electron chi connectivity index (χ4n) is 1.70. The van der Waals surface area contributed by atoms with E-state index >= 15 is 0 Å². The average molecular weight is 390 g/mol. The first-order valence-electron chi connectivity index (χ1n) is 9.18. The van der Waals surface area contributed by atoms with E-state index in [1.807, 2.05) is 20.8 Å². The van der Waals surface area contributed by atoms with Gasteiger partial charge >= 0.3 is 6.09 Å². The summed E-state index contributed by atoms with van der Waals surface area (Å²) < 4.78 is 22.5. The summed E-state index contributed by atoms with van der Waals surface area (Å²) >= 11 is 0. The largest absolute Gasteiger partial charge is 0.444 e. The van der Waals surface area contributed by atoms with E-state index in [4.69, 9.17) is 18.6 Å². The van der Waals surface area contributed by atoms with Gasteiger partial charge in [0.15, 0.2) is 8.32 Å². The average Bonchev–Trinajstić information content (AvgIpc) is 2.43. The van der Waals surface area contributed by atoms with Gasteiger partial charge in [0, 0.05) is 0 Å². The van der Waals surface area contributed by atoms with Crippen LogP contribution in [-0.2, 0) is 18.6 Å². The van der Waals surface area contributed by atoms with Gasteiger partial charge in [-0.2, -0.15) is 0 Å². The third-order valence-corrected chi connectivity index (χ3v) is 8.63. The summed E-state index contributed by atoms with van der Waals surface area (Å²) in [7, 11) is -1.77. The third-order valence-electron chi connectivity index (χ3n) is 4.09. The number of alkyl carbamates (subject to hydrolysis) is 1. The van der Waals surface area contributed by atoms with Crippen molar-refractivity contribution in [1.82, 2.24) is 5.32 Å². The van der Waals surface area contributed by atoms with Gasteiger partial charge in [0.25, 0.3) is 0 Å². The first-order valence-corrected chi connectivity index (χ1v) is 12.1. The van der Waals surface area contributed by atoms with Crippen molar-refractivity contribution in [2.24, 2.45) is 0 Å². The predicted molar refractivity (Wildman–Crippen MR) is 108 cm³/mol. The molecule has 0 radical (unpaired) electrons. The number of ether oxygens (including phenoxy) is 3. The van der Waals surface area contributed by atoms with Crippen LogP contribution in [0.5, 0.6) is 0 Å². The zero-order valence-electron chi connectivity index (χ0n) is 17.9. The predicted octanol–water partition coefficient (Wildman–Crippen LogP) is 4.12. The molecule has 154 valence electrons. The number of hydrogen-bond donors (Lipinski definition) is 1. The van der Waals surface area contributed by atoms with E-state index in [-0.39, 0.29) is 11.1 Å². The smallest absolute Gasteiger partial charge is 0.408 e. The van der Waals surface area contributed by atoms with Gasteiger partial charge in [0.05, 0.1) is 39.1 Å². The van der Waals surface area contributed by atoms with Crippen molar-refractivity contribution in [3.8, 4) is 0 Å². The molecular weight excluding hydrogens is 350 g/mol. The molecular formula is C19H39NO5Si.